The Balaban J connectivity index is 1.97. The Bertz CT molecular complexity index is 451. The van der Waals surface area contributed by atoms with Crippen LogP contribution in [0.25, 0.3) is 0 Å². The zero-order chi connectivity index (χ0) is 15.1. The molecule has 1 aliphatic rings. The van der Waals surface area contributed by atoms with E-state index in [0.29, 0.717) is 12.0 Å². The van der Waals surface area contributed by atoms with E-state index in [1.807, 2.05) is 19.1 Å². The van der Waals surface area contributed by atoms with Crippen molar-refractivity contribution in [2.24, 2.45) is 0 Å². The van der Waals surface area contributed by atoms with E-state index in [4.69, 9.17) is 9.84 Å². The molecule has 0 aliphatic heterocycles. The Morgan fingerprint density at radius 2 is 2.14 bits per heavy atom. The molecule has 2 rings (SSSR count). The summed E-state index contributed by atoms with van der Waals surface area (Å²) in [4.78, 5) is 12.1. The molecule has 1 saturated carbocycles. The highest BCUT2D eigenvalue weighted by Crippen LogP contribution is 2.23. The summed E-state index contributed by atoms with van der Waals surface area (Å²) in [5.41, 5.74) is 0.579. The molecule has 116 valence electrons. The molecule has 1 aromatic carbocycles. The first-order chi connectivity index (χ1) is 10.2. The molecule has 2 N–H and O–H groups in total. The van der Waals surface area contributed by atoms with Crippen LogP contribution < -0.4 is 10.1 Å². The molecular formula is C17H25NO3. The van der Waals surface area contributed by atoms with E-state index in [1.165, 1.54) is 19.3 Å². The molecule has 4 heteroatoms. The lowest BCUT2D eigenvalue weighted by Gasteiger charge is -2.23. The van der Waals surface area contributed by atoms with Crippen molar-refractivity contribution in [1.82, 2.24) is 5.32 Å². The average Bonchev–Trinajstić information content (AvgIpc) is 2.53. The summed E-state index contributed by atoms with van der Waals surface area (Å²) in [7, 11) is 0. The van der Waals surface area contributed by atoms with Gasteiger partial charge < -0.3 is 15.2 Å². The monoisotopic (exact) mass is 291 g/mol. The Morgan fingerprint density at radius 3 is 2.81 bits per heavy atom. The third kappa shape index (κ3) is 4.74. The summed E-state index contributed by atoms with van der Waals surface area (Å²) in [5, 5.41) is 12.0. The van der Waals surface area contributed by atoms with Gasteiger partial charge in [0.25, 0.3) is 5.91 Å². The van der Waals surface area contributed by atoms with Crippen LogP contribution in [-0.2, 0) is 0 Å². The number of amides is 1. The summed E-state index contributed by atoms with van der Waals surface area (Å²) >= 11 is 0. The molecule has 1 aromatic rings. The number of aliphatic hydroxyl groups excluding tert-OH is 1. The van der Waals surface area contributed by atoms with Gasteiger partial charge in [0.05, 0.1) is 18.8 Å². The number of nitrogens with one attached hydrogen (secondary N) is 1. The Morgan fingerprint density at radius 1 is 1.38 bits per heavy atom. The lowest BCUT2D eigenvalue weighted by atomic mass is 9.98. The van der Waals surface area contributed by atoms with Gasteiger partial charge in [-0.05, 0) is 50.3 Å². The summed E-state index contributed by atoms with van der Waals surface area (Å²) < 4.78 is 5.97. The first kappa shape index (κ1) is 15.8. The normalized spacial score (nSPS) is 17.2. The van der Waals surface area contributed by atoms with Crippen LogP contribution in [0.2, 0.25) is 0 Å². The van der Waals surface area contributed by atoms with Gasteiger partial charge in [0.15, 0.2) is 0 Å². The van der Waals surface area contributed by atoms with E-state index >= 15 is 0 Å². The highest BCUT2D eigenvalue weighted by atomic mass is 16.5. The number of aliphatic hydroxyl groups is 1. The Labute approximate surface area is 126 Å². The quantitative estimate of drug-likeness (QED) is 0.847. The molecule has 1 fully saturated rings. The van der Waals surface area contributed by atoms with Crippen LogP contribution >= 0.6 is 0 Å². The minimum atomic E-state index is -0.194. The number of carbonyl (C=O) groups is 1. The molecule has 0 bridgehead atoms. The molecule has 1 aliphatic carbocycles. The van der Waals surface area contributed by atoms with Crippen molar-refractivity contribution in [2.75, 3.05) is 6.61 Å². The summed E-state index contributed by atoms with van der Waals surface area (Å²) in [5.74, 6) is 0.594. The second-order valence-corrected chi connectivity index (χ2v) is 5.67. The zero-order valence-corrected chi connectivity index (χ0v) is 12.7. The van der Waals surface area contributed by atoms with Crippen molar-refractivity contribution in [1.29, 1.82) is 0 Å². The number of hydrogen-bond acceptors (Lipinski definition) is 3. The lowest BCUT2D eigenvalue weighted by Crippen LogP contribution is -2.36. The van der Waals surface area contributed by atoms with Gasteiger partial charge >= 0.3 is 0 Å². The van der Waals surface area contributed by atoms with E-state index in [-0.39, 0.29) is 24.7 Å². The van der Waals surface area contributed by atoms with Crippen LogP contribution in [0.15, 0.2) is 24.3 Å². The van der Waals surface area contributed by atoms with E-state index in [9.17, 15) is 4.79 Å². The SMILES string of the molecule is CCC(CO)NC(=O)c1cccc(OC2CCCCC2)c1. The van der Waals surface area contributed by atoms with Crippen molar-refractivity contribution in [3.63, 3.8) is 0 Å². The fraction of sp³-hybridized carbons (Fsp3) is 0.588. The predicted octanol–water partition coefficient (Wildman–Crippen LogP) is 2.90. The second kappa shape index (κ2) is 8.03. The number of carbonyl (C=O) groups excluding carboxylic acids is 1. The van der Waals surface area contributed by atoms with Crippen LogP contribution in [-0.4, -0.2) is 29.8 Å². The Hall–Kier alpha value is -1.55. The standard InChI is InChI=1S/C17H25NO3/c1-2-14(12-19)18-17(20)13-7-6-10-16(11-13)21-15-8-4-3-5-9-15/h6-7,10-11,14-15,19H,2-5,8-9,12H2,1H3,(H,18,20). The maximum atomic E-state index is 12.1. The van der Waals surface area contributed by atoms with Gasteiger partial charge in [0, 0.05) is 5.56 Å². The van der Waals surface area contributed by atoms with E-state index in [1.54, 1.807) is 12.1 Å². The van der Waals surface area contributed by atoms with Crippen LogP contribution in [0.3, 0.4) is 0 Å². The fourth-order valence-electron chi connectivity index (χ4n) is 2.63. The topological polar surface area (TPSA) is 58.6 Å². The highest BCUT2D eigenvalue weighted by Gasteiger charge is 2.16. The third-order valence-corrected chi connectivity index (χ3v) is 4.00. The van der Waals surface area contributed by atoms with Crippen molar-refractivity contribution >= 4 is 5.91 Å². The van der Waals surface area contributed by atoms with Crippen LogP contribution in [0.4, 0.5) is 0 Å². The molecule has 4 nitrogen and oxygen atoms in total. The van der Waals surface area contributed by atoms with Crippen LogP contribution in [0.5, 0.6) is 5.75 Å². The molecule has 0 aromatic heterocycles. The molecule has 0 spiro atoms. The van der Waals surface area contributed by atoms with E-state index < -0.39 is 0 Å². The first-order valence-corrected chi connectivity index (χ1v) is 7.91. The molecular weight excluding hydrogens is 266 g/mol. The van der Waals surface area contributed by atoms with Gasteiger partial charge in [0.2, 0.25) is 0 Å². The summed E-state index contributed by atoms with van der Waals surface area (Å²) in [6.45, 7) is 1.89. The number of ether oxygens (including phenoxy) is 1. The van der Waals surface area contributed by atoms with Crippen molar-refractivity contribution in [3.8, 4) is 5.75 Å². The fourth-order valence-corrected chi connectivity index (χ4v) is 2.63. The molecule has 0 saturated heterocycles. The minimum absolute atomic E-state index is 0.0412. The summed E-state index contributed by atoms with van der Waals surface area (Å²) in [6.07, 6.45) is 6.91. The Kier molecular flexibility index (Phi) is 6.05. The molecule has 1 atom stereocenters. The predicted molar refractivity (Wildman–Crippen MR) is 82.6 cm³/mol. The number of hydrogen-bond donors (Lipinski definition) is 2. The minimum Gasteiger partial charge on any atom is -0.490 e. The number of benzene rings is 1. The molecule has 0 radical (unpaired) electrons. The van der Waals surface area contributed by atoms with E-state index in [2.05, 4.69) is 5.32 Å². The largest absolute Gasteiger partial charge is 0.490 e. The zero-order valence-electron chi connectivity index (χ0n) is 12.7. The average molecular weight is 291 g/mol. The van der Waals surface area contributed by atoms with Gasteiger partial charge in [-0.25, -0.2) is 0 Å². The van der Waals surface area contributed by atoms with Gasteiger partial charge in [-0.15, -0.1) is 0 Å². The molecule has 1 amide bonds. The van der Waals surface area contributed by atoms with Crippen LogP contribution in [0, 0.1) is 0 Å². The van der Waals surface area contributed by atoms with Crippen molar-refractivity contribution in [3.05, 3.63) is 29.8 Å². The smallest absolute Gasteiger partial charge is 0.251 e. The number of rotatable bonds is 6. The molecule has 0 heterocycles. The lowest BCUT2D eigenvalue weighted by molar-refractivity contribution is 0.0913. The van der Waals surface area contributed by atoms with Crippen molar-refractivity contribution in [2.45, 2.75) is 57.6 Å². The van der Waals surface area contributed by atoms with Gasteiger partial charge in [-0.1, -0.05) is 19.4 Å². The summed E-state index contributed by atoms with van der Waals surface area (Å²) in [6, 6.07) is 7.10. The van der Waals surface area contributed by atoms with Gasteiger partial charge in [-0.3, -0.25) is 4.79 Å². The third-order valence-electron chi connectivity index (χ3n) is 4.00. The first-order valence-electron chi connectivity index (χ1n) is 7.91. The highest BCUT2D eigenvalue weighted by molar-refractivity contribution is 5.94. The van der Waals surface area contributed by atoms with Crippen molar-refractivity contribution < 1.29 is 14.6 Å². The van der Waals surface area contributed by atoms with E-state index in [0.717, 1.165) is 18.6 Å². The molecule has 21 heavy (non-hydrogen) atoms. The maximum Gasteiger partial charge on any atom is 0.251 e. The van der Waals surface area contributed by atoms with Gasteiger partial charge in [-0.2, -0.15) is 0 Å². The van der Waals surface area contributed by atoms with Crippen LogP contribution in [0.1, 0.15) is 55.8 Å². The maximum absolute atomic E-state index is 12.1. The molecule has 1 unspecified atom stereocenters. The van der Waals surface area contributed by atoms with Gasteiger partial charge in [0.1, 0.15) is 5.75 Å². The second-order valence-electron chi connectivity index (χ2n) is 5.67.